The van der Waals surface area contributed by atoms with Crippen LogP contribution in [0.2, 0.25) is 0 Å². The topological polar surface area (TPSA) is 9.72 Å². The van der Waals surface area contributed by atoms with Crippen LogP contribution in [0.5, 0.6) is 0 Å². The molecule has 0 bridgehead atoms. The number of hydrogen-bond donors (Lipinski definition) is 0. The van der Waals surface area contributed by atoms with E-state index < -0.39 is 0 Å². The third-order valence-electron chi connectivity index (χ3n) is 8.07. The van der Waals surface area contributed by atoms with Gasteiger partial charge in [-0.1, -0.05) is 195 Å². The van der Waals surface area contributed by atoms with E-state index in [4.69, 9.17) is 74.5 Å². The minimum Gasteiger partial charge on any atom is -0.411 e. The van der Waals surface area contributed by atoms with E-state index in [9.17, 15) is 0 Å². The van der Waals surface area contributed by atoms with E-state index in [-0.39, 0.29) is 40.8 Å². The van der Waals surface area contributed by atoms with Crippen molar-refractivity contribution in [2.75, 3.05) is 0 Å². The molecule has 6 rings (SSSR count). The van der Waals surface area contributed by atoms with Crippen LogP contribution >= 0.6 is 36.7 Å². The number of hydrogen-bond acceptors (Lipinski definition) is 6. The van der Waals surface area contributed by atoms with Gasteiger partial charge in [0.25, 0.3) is 0 Å². The predicted octanol–water partition coefficient (Wildman–Crippen LogP) is 10.6. The van der Waals surface area contributed by atoms with Crippen molar-refractivity contribution in [1.82, 2.24) is 14.7 Å². The van der Waals surface area contributed by atoms with Crippen LogP contribution < -0.4 is 0 Å². The maximum atomic E-state index is 5.16. The molecule has 0 saturated heterocycles. The Bertz CT molecular complexity index is 1600. The zero-order valence-corrected chi connectivity index (χ0v) is 38.5. The van der Waals surface area contributed by atoms with Gasteiger partial charge in [-0.2, -0.15) is 0 Å². The summed E-state index contributed by atoms with van der Waals surface area (Å²) in [5, 5.41) is 0. The van der Waals surface area contributed by atoms with E-state index in [1.54, 1.807) is 0 Å². The third-order valence-corrected chi connectivity index (χ3v) is 9.62. The molecule has 6 aromatic rings. The average molecular weight is 961 g/mol. The molecule has 0 atom stereocenters. The van der Waals surface area contributed by atoms with E-state index in [1.165, 1.54) is 33.4 Å². The first-order chi connectivity index (χ1) is 26.3. The van der Waals surface area contributed by atoms with Gasteiger partial charge >= 0.3 is 40.8 Å². The van der Waals surface area contributed by atoms with Gasteiger partial charge in [0.15, 0.2) is 0 Å². The van der Waals surface area contributed by atoms with Gasteiger partial charge in [-0.05, 0) is 33.4 Å². The number of nitrogens with zero attached hydrogens (tertiary/aromatic N) is 3. The van der Waals surface area contributed by atoms with Crippen LogP contribution in [-0.4, -0.2) is 27.7 Å². The first kappa shape index (κ1) is 46.4. The summed E-state index contributed by atoms with van der Waals surface area (Å²) in [7, 11) is 0. The second kappa shape index (κ2) is 26.8. The molecule has 0 amide bonds. The Kier molecular flexibility index (Phi) is 22.6. The Morgan fingerprint density at radius 2 is 0.418 bits per heavy atom. The Hall–Kier alpha value is -3.00. The third kappa shape index (κ3) is 18.7. The molecule has 1 radical (unpaired) electrons. The van der Waals surface area contributed by atoms with E-state index >= 15 is 0 Å². The quantitative estimate of drug-likeness (QED) is 0.0869. The van der Waals surface area contributed by atoms with Crippen LogP contribution in [0.4, 0.5) is 0 Å². The summed E-state index contributed by atoms with van der Waals surface area (Å²) in [5.41, 5.74) is 7.34. The van der Waals surface area contributed by atoms with Gasteiger partial charge in [0, 0.05) is 39.3 Å². The molecule has 0 unspecified atom stereocenters. The second-order valence-electron chi connectivity index (χ2n) is 12.3. The van der Waals surface area contributed by atoms with Crippen LogP contribution in [0.25, 0.3) is 0 Å². The number of benzene rings is 6. The summed E-state index contributed by atoms with van der Waals surface area (Å²) in [5.74, 6) is 0. The second-order valence-corrected chi connectivity index (χ2v) is 15.4. The summed E-state index contributed by atoms with van der Waals surface area (Å²) >= 11 is 30.9. The van der Waals surface area contributed by atoms with Crippen LogP contribution in [0.15, 0.2) is 182 Å². The molecule has 0 spiro atoms. The molecule has 277 valence electrons. The van der Waals surface area contributed by atoms with Crippen molar-refractivity contribution < 1.29 is 40.8 Å². The van der Waals surface area contributed by atoms with Gasteiger partial charge in [-0.3, -0.25) is 0 Å². The molecule has 0 aliphatic rings. The normalized spacial score (nSPS) is 9.82. The minimum absolute atomic E-state index is 0. The van der Waals surface area contributed by atoms with Gasteiger partial charge in [-0.15, -0.1) is 0 Å². The molecular weight excluding hydrogens is 919 g/mol. The molecule has 0 heterocycles. The van der Waals surface area contributed by atoms with Crippen molar-refractivity contribution in [3.8, 4) is 0 Å². The molecule has 3 nitrogen and oxygen atoms in total. The molecule has 0 aliphatic carbocycles. The zero-order valence-electron chi connectivity index (χ0n) is 30.4. The molecule has 0 aromatic heterocycles. The number of thiocarbonyl (C=S) groups is 3. The van der Waals surface area contributed by atoms with Crippen molar-refractivity contribution in [2.24, 2.45) is 0 Å². The smallest absolute Gasteiger partial charge is 0.411 e. The monoisotopic (exact) mass is 958 g/mol. The summed E-state index contributed by atoms with van der Waals surface area (Å²) in [6, 6.07) is 61.5. The Balaban J connectivity index is 0.000000220. The summed E-state index contributed by atoms with van der Waals surface area (Å²) in [6.07, 6.45) is 0. The fourth-order valence-electron chi connectivity index (χ4n) is 5.38. The Labute approximate surface area is 393 Å². The number of rotatable bonds is 12. The summed E-state index contributed by atoms with van der Waals surface area (Å²) in [4.78, 5) is 6.11. The van der Waals surface area contributed by atoms with Crippen molar-refractivity contribution in [3.05, 3.63) is 215 Å². The standard InChI is InChI=1S/3C15H15NS2.Nd/c3*17-15(18)16(11-13-7-3-1-4-8-13)12-14-9-5-2-6-10-14;/h3*1-10H,11-12H2,(H,17,18);/q;;;+3/p-3. The van der Waals surface area contributed by atoms with Gasteiger partial charge < -0.3 is 89.2 Å². The fourth-order valence-corrected chi connectivity index (χ4v) is 6.15. The van der Waals surface area contributed by atoms with E-state index in [0.717, 1.165) is 39.3 Å². The molecule has 55 heavy (non-hydrogen) atoms. The molecule has 0 N–H and O–H groups in total. The first-order valence-corrected chi connectivity index (χ1v) is 19.8. The Morgan fingerprint density at radius 1 is 0.291 bits per heavy atom. The van der Waals surface area contributed by atoms with Crippen molar-refractivity contribution in [2.45, 2.75) is 39.3 Å². The molecule has 0 fully saturated rings. The van der Waals surface area contributed by atoms with Crippen molar-refractivity contribution in [1.29, 1.82) is 0 Å². The van der Waals surface area contributed by atoms with Crippen LogP contribution in [0.1, 0.15) is 33.4 Å². The fraction of sp³-hybridized carbons (Fsp3) is 0.133. The molecule has 0 saturated carbocycles. The van der Waals surface area contributed by atoms with Gasteiger partial charge in [0.1, 0.15) is 0 Å². The van der Waals surface area contributed by atoms with Crippen molar-refractivity contribution in [3.63, 3.8) is 0 Å². The average Bonchev–Trinajstić information content (AvgIpc) is 3.20. The SMILES string of the molecule is S=C([S-])N(Cc1ccccc1)Cc1ccccc1.S=C([S-])N(Cc1ccccc1)Cc1ccccc1.S=C([S-])N(Cc1ccccc1)Cc1ccccc1.[Nd+3]. The maximum Gasteiger partial charge on any atom is 3.00 e. The molecule has 6 aromatic carbocycles. The first-order valence-electron chi connectivity index (χ1n) is 17.4. The Morgan fingerprint density at radius 3 is 0.527 bits per heavy atom. The van der Waals surface area contributed by atoms with E-state index in [0.29, 0.717) is 13.0 Å². The molecular formula is C45H42N3NdS6. The van der Waals surface area contributed by atoms with Crippen molar-refractivity contribution >= 4 is 87.5 Å². The maximum absolute atomic E-state index is 5.16. The van der Waals surface area contributed by atoms with Gasteiger partial charge in [0.2, 0.25) is 0 Å². The predicted molar refractivity (Wildman–Crippen MR) is 246 cm³/mol. The zero-order chi connectivity index (χ0) is 38.4. The van der Waals surface area contributed by atoms with Crippen LogP contribution in [0, 0.1) is 40.8 Å². The summed E-state index contributed by atoms with van der Waals surface area (Å²) in [6.45, 7) is 4.57. The molecule has 10 heteroatoms. The van der Waals surface area contributed by atoms with Crippen LogP contribution in [0.3, 0.4) is 0 Å². The van der Waals surface area contributed by atoms with E-state index in [1.807, 2.05) is 124 Å². The van der Waals surface area contributed by atoms with Crippen LogP contribution in [-0.2, 0) is 77.2 Å². The summed E-state index contributed by atoms with van der Waals surface area (Å²) < 4.78 is 1.55. The van der Waals surface area contributed by atoms with E-state index in [2.05, 4.69) is 72.8 Å². The largest absolute Gasteiger partial charge is 3.00 e. The van der Waals surface area contributed by atoms with Gasteiger partial charge in [0.05, 0.1) is 0 Å². The molecule has 0 aliphatic heterocycles. The minimum atomic E-state index is 0. The van der Waals surface area contributed by atoms with Gasteiger partial charge in [-0.25, -0.2) is 0 Å².